The molecule has 0 aromatic carbocycles. The van der Waals surface area contributed by atoms with Gasteiger partial charge in [0, 0.05) is 44.5 Å². The van der Waals surface area contributed by atoms with Crippen molar-refractivity contribution in [2.75, 3.05) is 19.7 Å². The predicted molar refractivity (Wildman–Crippen MR) is 83.5 cm³/mol. The minimum atomic E-state index is -0.254. The highest BCUT2D eigenvalue weighted by molar-refractivity contribution is 5.76. The summed E-state index contributed by atoms with van der Waals surface area (Å²) in [6.07, 6.45) is 4.55. The molecular formula is C16H25N3O3. The Labute approximate surface area is 131 Å². The lowest BCUT2D eigenvalue weighted by Gasteiger charge is -2.31. The number of hydrogen-bond acceptors (Lipinski definition) is 3. The van der Waals surface area contributed by atoms with E-state index in [9.17, 15) is 9.59 Å². The van der Waals surface area contributed by atoms with Crippen LogP contribution in [-0.4, -0.2) is 47.2 Å². The highest BCUT2D eigenvalue weighted by Crippen LogP contribution is 2.12. The van der Waals surface area contributed by atoms with Crippen molar-refractivity contribution in [1.82, 2.24) is 14.8 Å². The molecule has 2 heterocycles. The number of piperidine rings is 1. The zero-order valence-electron chi connectivity index (χ0n) is 13.4. The molecule has 0 bridgehead atoms. The Bertz CT molecular complexity index is 504. The number of carbonyl (C=O) groups excluding carboxylic acids is 2. The number of aryl methyl sites for hydroxylation is 2. The van der Waals surface area contributed by atoms with Gasteiger partial charge in [0.2, 0.25) is 5.91 Å². The molecule has 6 nitrogen and oxygen atoms in total. The molecule has 1 aliphatic heterocycles. The molecular weight excluding hydrogens is 282 g/mol. The molecule has 0 saturated carbocycles. The van der Waals surface area contributed by atoms with Gasteiger partial charge in [0.1, 0.15) is 0 Å². The monoisotopic (exact) mass is 307 g/mol. The summed E-state index contributed by atoms with van der Waals surface area (Å²) in [7, 11) is 1.98. The van der Waals surface area contributed by atoms with Crippen molar-refractivity contribution < 1.29 is 14.3 Å². The van der Waals surface area contributed by atoms with Crippen LogP contribution in [0.2, 0.25) is 0 Å². The molecule has 0 radical (unpaired) electrons. The maximum absolute atomic E-state index is 12.0. The molecule has 2 rings (SSSR count). The summed E-state index contributed by atoms with van der Waals surface area (Å²) in [5.41, 5.74) is 1.16. The summed E-state index contributed by atoms with van der Waals surface area (Å²) < 4.78 is 7.02. The number of rotatable bonds is 5. The van der Waals surface area contributed by atoms with E-state index in [1.807, 2.05) is 29.9 Å². The fourth-order valence-electron chi connectivity index (χ4n) is 2.72. The average Bonchev–Trinajstić information content (AvgIpc) is 2.91. The number of aromatic nitrogens is 1. The summed E-state index contributed by atoms with van der Waals surface area (Å²) in [5.74, 6) is 0.0794. The second kappa shape index (κ2) is 7.87. The Kier molecular flexibility index (Phi) is 5.86. The van der Waals surface area contributed by atoms with Crippen molar-refractivity contribution in [3.8, 4) is 0 Å². The molecule has 1 aromatic heterocycles. The molecule has 122 valence electrons. The molecule has 0 aliphatic carbocycles. The van der Waals surface area contributed by atoms with Gasteiger partial charge < -0.3 is 19.5 Å². The first-order chi connectivity index (χ1) is 10.6. The van der Waals surface area contributed by atoms with E-state index in [0.717, 1.165) is 25.0 Å². The number of hydrogen-bond donors (Lipinski definition) is 1. The standard InChI is InChI=1S/C16H25N3O3/c1-3-22-16(21)19-11-8-13(9-12-19)17-15(20)7-6-14-5-4-10-18(14)2/h4-5,10,13H,3,6-9,11-12H2,1-2H3,(H,17,20). The fourth-order valence-corrected chi connectivity index (χ4v) is 2.72. The lowest BCUT2D eigenvalue weighted by Crippen LogP contribution is -2.46. The maximum atomic E-state index is 12.0. The van der Waals surface area contributed by atoms with Crippen molar-refractivity contribution in [3.63, 3.8) is 0 Å². The Hall–Kier alpha value is -1.98. The lowest BCUT2D eigenvalue weighted by molar-refractivity contribution is -0.122. The zero-order chi connectivity index (χ0) is 15.9. The van der Waals surface area contributed by atoms with E-state index in [0.29, 0.717) is 26.1 Å². The van der Waals surface area contributed by atoms with E-state index in [-0.39, 0.29) is 18.0 Å². The summed E-state index contributed by atoms with van der Waals surface area (Å²) in [6.45, 7) is 3.48. The van der Waals surface area contributed by atoms with Crippen molar-refractivity contribution in [2.45, 2.75) is 38.6 Å². The van der Waals surface area contributed by atoms with Crippen molar-refractivity contribution in [3.05, 3.63) is 24.0 Å². The van der Waals surface area contributed by atoms with E-state index >= 15 is 0 Å². The SMILES string of the molecule is CCOC(=O)N1CCC(NC(=O)CCc2cccn2C)CC1. The average molecular weight is 307 g/mol. The molecule has 1 fully saturated rings. The Balaban J connectivity index is 1.68. The minimum absolute atomic E-state index is 0.0794. The Morgan fingerprint density at radius 3 is 2.68 bits per heavy atom. The number of likely N-dealkylation sites (tertiary alicyclic amines) is 1. The van der Waals surface area contributed by atoms with E-state index in [4.69, 9.17) is 4.74 Å². The quantitative estimate of drug-likeness (QED) is 0.900. The van der Waals surface area contributed by atoms with E-state index in [1.54, 1.807) is 11.8 Å². The first-order valence-electron chi connectivity index (χ1n) is 7.91. The summed E-state index contributed by atoms with van der Waals surface area (Å²) in [4.78, 5) is 25.3. The number of ether oxygens (including phenoxy) is 1. The largest absolute Gasteiger partial charge is 0.450 e. The van der Waals surface area contributed by atoms with Crippen molar-refractivity contribution >= 4 is 12.0 Å². The van der Waals surface area contributed by atoms with Gasteiger partial charge in [0.25, 0.3) is 0 Å². The van der Waals surface area contributed by atoms with Crippen LogP contribution >= 0.6 is 0 Å². The van der Waals surface area contributed by atoms with Gasteiger partial charge in [-0.15, -0.1) is 0 Å². The topological polar surface area (TPSA) is 63.6 Å². The number of nitrogens with one attached hydrogen (secondary N) is 1. The van der Waals surface area contributed by atoms with Gasteiger partial charge in [-0.2, -0.15) is 0 Å². The Morgan fingerprint density at radius 1 is 1.36 bits per heavy atom. The van der Waals surface area contributed by atoms with Gasteiger partial charge in [-0.25, -0.2) is 4.79 Å². The predicted octanol–water partition coefficient (Wildman–Crippen LogP) is 1.69. The van der Waals surface area contributed by atoms with Crippen LogP contribution < -0.4 is 5.32 Å². The highest BCUT2D eigenvalue weighted by atomic mass is 16.6. The third-order valence-electron chi connectivity index (χ3n) is 4.05. The second-order valence-electron chi connectivity index (χ2n) is 5.64. The first kappa shape index (κ1) is 16.4. The zero-order valence-corrected chi connectivity index (χ0v) is 13.4. The molecule has 6 heteroatoms. The molecule has 1 aliphatic rings. The van der Waals surface area contributed by atoms with Gasteiger partial charge >= 0.3 is 6.09 Å². The fraction of sp³-hybridized carbons (Fsp3) is 0.625. The van der Waals surface area contributed by atoms with Crippen LogP contribution in [0.3, 0.4) is 0 Å². The van der Waals surface area contributed by atoms with E-state index in [1.165, 1.54) is 0 Å². The maximum Gasteiger partial charge on any atom is 0.409 e. The lowest BCUT2D eigenvalue weighted by atomic mass is 10.1. The van der Waals surface area contributed by atoms with Crippen LogP contribution in [0.25, 0.3) is 0 Å². The second-order valence-corrected chi connectivity index (χ2v) is 5.64. The third-order valence-corrected chi connectivity index (χ3v) is 4.05. The molecule has 0 spiro atoms. The summed E-state index contributed by atoms with van der Waals surface area (Å²) >= 11 is 0. The molecule has 1 saturated heterocycles. The van der Waals surface area contributed by atoms with Gasteiger partial charge in [-0.1, -0.05) is 0 Å². The minimum Gasteiger partial charge on any atom is -0.450 e. The number of amides is 2. The van der Waals surface area contributed by atoms with Crippen molar-refractivity contribution in [1.29, 1.82) is 0 Å². The highest BCUT2D eigenvalue weighted by Gasteiger charge is 2.24. The summed E-state index contributed by atoms with van der Waals surface area (Å²) in [6, 6.07) is 4.18. The van der Waals surface area contributed by atoms with Crippen LogP contribution in [0, 0.1) is 0 Å². The molecule has 1 N–H and O–H groups in total. The van der Waals surface area contributed by atoms with E-state index < -0.39 is 0 Å². The molecule has 2 amide bonds. The molecule has 1 aromatic rings. The first-order valence-corrected chi connectivity index (χ1v) is 7.91. The Morgan fingerprint density at radius 2 is 2.09 bits per heavy atom. The number of nitrogens with zero attached hydrogens (tertiary/aromatic N) is 2. The van der Waals surface area contributed by atoms with Crippen LogP contribution in [0.15, 0.2) is 18.3 Å². The van der Waals surface area contributed by atoms with Gasteiger partial charge in [-0.05, 0) is 38.3 Å². The smallest absolute Gasteiger partial charge is 0.409 e. The van der Waals surface area contributed by atoms with Gasteiger partial charge in [0.15, 0.2) is 0 Å². The van der Waals surface area contributed by atoms with E-state index in [2.05, 4.69) is 5.32 Å². The molecule has 22 heavy (non-hydrogen) atoms. The van der Waals surface area contributed by atoms with Crippen LogP contribution in [-0.2, 0) is 23.0 Å². The molecule has 0 atom stereocenters. The normalized spacial score (nSPS) is 15.6. The van der Waals surface area contributed by atoms with Crippen LogP contribution in [0.4, 0.5) is 4.79 Å². The van der Waals surface area contributed by atoms with Crippen LogP contribution in [0.5, 0.6) is 0 Å². The number of carbonyl (C=O) groups is 2. The van der Waals surface area contributed by atoms with Crippen LogP contribution in [0.1, 0.15) is 31.9 Å². The van der Waals surface area contributed by atoms with Gasteiger partial charge in [-0.3, -0.25) is 4.79 Å². The van der Waals surface area contributed by atoms with Crippen molar-refractivity contribution in [2.24, 2.45) is 7.05 Å². The summed E-state index contributed by atoms with van der Waals surface area (Å²) in [5, 5.41) is 3.07. The molecule has 0 unspecified atom stereocenters. The van der Waals surface area contributed by atoms with Gasteiger partial charge in [0.05, 0.1) is 6.61 Å². The third kappa shape index (κ3) is 4.51.